The zero-order chi connectivity index (χ0) is 52.9. The Balaban J connectivity index is 0.000000302. The van der Waals surface area contributed by atoms with Gasteiger partial charge in [-0.25, -0.2) is 0 Å². The van der Waals surface area contributed by atoms with E-state index in [1.807, 2.05) is 42.5 Å². The Bertz CT molecular complexity index is 1600. The monoisotopic (exact) mass is 1040 g/mol. The second-order valence-corrected chi connectivity index (χ2v) is 20.7. The number of anilines is 1. The summed E-state index contributed by atoms with van der Waals surface area (Å²) in [5, 5.41) is 0. The predicted molar refractivity (Wildman–Crippen MR) is 288 cm³/mol. The number of hydrogen-bond donors (Lipinski definition) is 0. The number of fused-ring (bicyclic) bond motifs is 2. The maximum Gasteiger partial charge on any atom is 0.163 e. The van der Waals surface area contributed by atoms with Gasteiger partial charge in [0.15, 0.2) is 23.0 Å². The molecule has 2 fully saturated rings. The number of nitrogens with zero attached hydrogens (tertiary/aromatic N) is 3. The SMILES string of the molecule is CC(C)(C)N1CCOCCOCCCCCOCCOCC1.CC(C)(C)N1CCOCCOCCOCCOCC1.CN(c1ccc2c(c1)OCCOCCOc1ccccc1OCCOCCO2)C(C)(C)C. The molecule has 0 aliphatic carbocycles. The van der Waals surface area contributed by atoms with Gasteiger partial charge in [-0.3, -0.25) is 9.80 Å². The minimum atomic E-state index is -0.0116. The van der Waals surface area contributed by atoms with Crippen molar-refractivity contribution in [3.63, 3.8) is 0 Å². The maximum absolute atomic E-state index is 6.01. The third-order valence-electron chi connectivity index (χ3n) is 12.0. The van der Waals surface area contributed by atoms with Crippen LogP contribution in [0, 0.1) is 0 Å². The van der Waals surface area contributed by atoms with E-state index >= 15 is 0 Å². The highest BCUT2D eigenvalue weighted by molar-refractivity contribution is 5.57. The lowest BCUT2D eigenvalue weighted by atomic mass is 10.1. The summed E-state index contributed by atoms with van der Waals surface area (Å²) in [5.41, 5.74) is 1.31. The lowest BCUT2D eigenvalue weighted by Crippen LogP contribution is -2.45. The van der Waals surface area contributed by atoms with Gasteiger partial charge in [-0.05, 0) is 106 Å². The van der Waals surface area contributed by atoms with Gasteiger partial charge in [0.25, 0.3) is 0 Å². The van der Waals surface area contributed by atoms with Gasteiger partial charge in [0.2, 0.25) is 0 Å². The van der Waals surface area contributed by atoms with Gasteiger partial charge in [0.05, 0.1) is 119 Å². The van der Waals surface area contributed by atoms with Crippen molar-refractivity contribution in [2.75, 3.05) is 197 Å². The zero-order valence-corrected chi connectivity index (χ0v) is 47.0. The molecule has 2 saturated heterocycles. The minimum Gasteiger partial charge on any atom is -0.487 e. The molecule has 3 aliphatic heterocycles. The minimum absolute atomic E-state index is 0.0116. The van der Waals surface area contributed by atoms with Crippen LogP contribution in [-0.2, 0) is 47.4 Å². The van der Waals surface area contributed by atoms with E-state index in [0.29, 0.717) is 142 Å². The highest BCUT2D eigenvalue weighted by atomic mass is 16.6. The Hall–Kier alpha value is -3.04. The quantitative estimate of drug-likeness (QED) is 0.276. The van der Waals surface area contributed by atoms with E-state index in [1.165, 1.54) is 0 Å². The molecule has 5 rings (SSSR count). The van der Waals surface area contributed by atoms with Crippen molar-refractivity contribution in [1.82, 2.24) is 9.80 Å². The van der Waals surface area contributed by atoms with Crippen molar-refractivity contribution in [1.29, 1.82) is 0 Å². The van der Waals surface area contributed by atoms with Crippen LogP contribution in [0.3, 0.4) is 0 Å². The normalized spacial score (nSPS) is 20.5. The van der Waals surface area contributed by atoms with Crippen LogP contribution in [0.25, 0.3) is 0 Å². The topological polar surface area (TPSA) is 139 Å². The molecule has 17 nitrogen and oxygen atoms in total. The van der Waals surface area contributed by atoms with Crippen molar-refractivity contribution >= 4 is 5.69 Å². The first kappa shape index (κ1) is 64.2. The molecular formula is C56H99N3O14. The number of ether oxygens (including phenoxy) is 14. The Morgan fingerprint density at radius 2 is 0.616 bits per heavy atom. The van der Waals surface area contributed by atoms with Gasteiger partial charge >= 0.3 is 0 Å². The fraction of sp³-hybridized carbons (Fsp3) is 0.786. The van der Waals surface area contributed by atoms with Crippen LogP contribution in [0.1, 0.15) is 81.6 Å². The molecule has 0 saturated carbocycles. The third kappa shape index (κ3) is 30.9. The average Bonchev–Trinajstić information content (AvgIpc) is 3.36. The van der Waals surface area contributed by atoms with Crippen LogP contribution in [0.4, 0.5) is 5.69 Å². The van der Waals surface area contributed by atoms with Crippen LogP contribution < -0.4 is 23.8 Å². The molecule has 2 aromatic carbocycles. The largest absolute Gasteiger partial charge is 0.487 e. The van der Waals surface area contributed by atoms with Crippen LogP contribution in [0.5, 0.6) is 23.0 Å². The average molecular weight is 1040 g/mol. The summed E-state index contributed by atoms with van der Waals surface area (Å²) in [5.74, 6) is 2.77. The fourth-order valence-corrected chi connectivity index (χ4v) is 7.31. The van der Waals surface area contributed by atoms with Crippen LogP contribution in [0.2, 0.25) is 0 Å². The van der Waals surface area contributed by atoms with E-state index in [9.17, 15) is 0 Å². The molecule has 2 aromatic rings. The second kappa shape index (κ2) is 38.5. The Labute approximate surface area is 440 Å². The smallest absolute Gasteiger partial charge is 0.163 e. The summed E-state index contributed by atoms with van der Waals surface area (Å²) < 4.78 is 79.4. The molecule has 0 spiro atoms. The van der Waals surface area contributed by atoms with Crippen molar-refractivity contribution < 1.29 is 66.3 Å². The Morgan fingerprint density at radius 3 is 0.945 bits per heavy atom. The summed E-state index contributed by atoms with van der Waals surface area (Å²) in [6.07, 6.45) is 3.34. The molecule has 0 amide bonds. The lowest BCUT2D eigenvalue weighted by Gasteiger charge is -2.35. The molecule has 0 aromatic heterocycles. The van der Waals surface area contributed by atoms with Crippen LogP contribution in [-0.4, -0.2) is 218 Å². The van der Waals surface area contributed by atoms with E-state index in [4.69, 9.17) is 66.3 Å². The van der Waals surface area contributed by atoms with E-state index in [2.05, 4.69) is 84.1 Å². The summed E-state index contributed by atoms with van der Waals surface area (Å²) in [6.45, 7) is 38.1. The zero-order valence-electron chi connectivity index (χ0n) is 47.0. The molecule has 3 aliphatic rings. The standard InChI is InChI=1S/C25H35NO6.C17H35NO4.C14H29NO4/c1-25(2,3)26(4)20-9-10-23-24(19-20)32-18-14-28-12-16-30-22-8-6-5-7-21(22)29-15-11-27-13-17-31-23;1-17(2,3)18-7-11-21-15-13-19-9-5-4-6-10-20-14-16-22-12-8-18;1-14(2,3)15-4-6-16-8-10-18-12-13-19-11-9-17-7-5-15/h5-10,19H,11-18H2,1-4H3;4-16H2,1-3H3;4-13H2,1-3H3. The highest BCUT2D eigenvalue weighted by Gasteiger charge is 2.22. The molecule has 422 valence electrons. The molecule has 73 heavy (non-hydrogen) atoms. The number of para-hydroxylation sites is 2. The van der Waals surface area contributed by atoms with Gasteiger partial charge in [0, 0.05) is 74.8 Å². The highest BCUT2D eigenvalue weighted by Crippen LogP contribution is 2.34. The molecule has 0 atom stereocenters. The molecule has 0 bridgehead atoms. The summed E-state index contributed by atoms with van der Waals surface area (Å²) >= 11 is 0. The van der Waals surface area contributed by atoms with Crippen molar-refractivity contribution in [3.05, 3.63) is 42.5 Å². The third-order valence-corrected chi connectivity index (χ3v) is 12.0. The predicted octanol–water partition coefficient (Wildman–Crippen LogP) is 7.69. The van der Waals surface area contributed by atoms with Gasteiger partial charge in [0.1, 0.15) is 26.4 Å². The van der Waals surface area contributed by atoms with Crippen molar-refractivity contribution in [2.24, 2.45) is 0 Å². The maximum atomic E-state index is 6.01. The van der Waals surface area contributed by atoms with Crippen molar-refractivity contribution in [2.45, 2.75) is 98.2 Å². The molecule has 0 N–H and O–H groups in total. The number of rotatable bonds is 1. The first-order valence-corrected chi connectivity index (χ1v) is 26.9. The Morgan fingerprint density at radius 1 is 0.329 bits per heavy atom. The first-order chi connectivity index (χ1) is 35.2. The molecular weight excluding hydrogens is 939 g/mol. The first-order valence-electron chi connectivity index (χ1n) is 26.9. The molecule has 0 unspecified atom stereocenters. The van der Waals surface area contributed by atoms with Gasteiger partial charge in [-0.2, -0.15) is 0 Å². The summed E-state index contributed by atoms with van der Waals surface area (Å²) in [6, 6.07) is 13.6. The van der Waals surface area contributed by atoms with Crippen LogP contribution in [0.15, 0.2) is 42.5 Å². The summed E-state index contributed by atoms with van der Waals surface area (Å²) in [4.78, 5) is 6.99. The second-order valence-electron chi connectivity index (χ2n) is 20.7. The molecule has 3 heterocycles. The van der Waals surface area contributed by atoms with E-state index < -0.39 is 0 Å². The van der Waals surface area contributed by atoms with E-state index in [-0.39, 0.29) is 16.6 Å². The number of hydrogen-bond acceptors (Lipinski definition) is 17. The van der Waals surface area contributed by atoms with E-state index in [0.717, 1.165) is 90.8 Å². The van der Waals surface area contributed by atoms with Gasteiger partial charge in [-0.15, -0.1) is 0 Å². The van der Waals surface area contributed by atoms with Gasteiger partial charge in [-0.1, -0.05) is 12.1 Å². The van der Waals surface area contributed by atoms with Crippen molar-refractivity contribution in [3.8, 4) is 23.0 Å². The lowest BCUT2D eigenvalue weighted by molar-refractivity contribution is 0.00181. The van der Waals surface area contributed by atoms with Crippen LogP contribution >= 0.6 is 0 Å². The fourth-order valence-electron chi connectivity index (χ4n) is 7.31. The molecule has 17 heteroatoms. The summed E-state index contributed by atoms with van der Waals surface area (Å²) in [7, 11) is 2.07. The molecule has 0 radical (unpaired) electrons. The Kier molecular flexibility index (Phi) is 33.9. The number of benzene rings is 2. The van der Waals surface area contributed by atoms with E-state index in [1.54, 1.807) is 0 Å². The van der Waals surface area contributed by atoms with Gasteiger partial charge < -0.3 is 71.2 Å².